The van der Waals surface area contributed by atoms with Crippen LogP contribution in [-0.2, 0) is 34.0 Å². The summed E-state index contributed by atoms with van der Waals surface area (Å²) in [5, 5.41) is 9.44. The Morgan fingerprint density at radius 2 is 1.79 bits per heavy atom. The minimum atomic E-state index is -3.88. The number of rotatable bonds is 6. The van der Waals surface area contributed by atoms with Crippen LogP contribution in [0.2, 0.25) is 0 Å². The lowest BCUT2D eigenvalue weighted by Crippen LogP contribution is -2.29. The standard InChI is InChI=1S/C26H28N2O5S/c1-16-7-9-19(10-8-16)34(32,33)25-18(6-5-11-27-25)12-20-17(2)28(15-23(30)31)21-13-26(3,4)14-22(29)24(20)21/h5-11H,12-15H2,1-4H3,(H,30,31). The Bertz CT molecular complexity index is 1400. The van der Waals surface area contributed by atoms with E-state index in [0.717, 1.165) is 5.56 Å². The maximum absolute atomic E-state index is 13.4. The van der Waals surface area contributed by atoms with Crippen molar-refractivity contribution in [3.05, 3.63) is 76.2 Å². The number of fused-ring (bicyclic) bond motifs is 1. The average Bonchev–Trinajstić information content (AvgIpc) is 2.99. The summed E-state index contributed by atoms with van der Waals surface area (Å²) < 4.78 is 28.5. The van der Waals surface area contributed by atoms with E-state index in [2.05, 4.69) is 4.98 Å². The van der Waals surface area contributed by atoms with E-state index in [1.807, 2.05) is 20.8 Å². The van der Waals surface area contributed by atoms with Crippen LogP contribution in [0.25, 0.3) is 0 Å². The number of carbonyl (C=O) groups is 2. The maximum Gasteiger partial charge on any atom is 0.323 e. The van der Waals surface area contributed by atoms with Gasteiger partial charge >= 0.3 is 5.97 Å². The van der Waals surface area contributed by atoms with Crippen molar-refractivity contribution >= 4 is 21.6 Å². The van der Waals surface area contributed by atoms with Gasteiger partial charge in [-0.15, -0.1) is 0 Å². The number of carboxylic acids is 1. The van der Waals surface area contributed by atoms with Gasteiger partial charge in [-0.3, -0.25) is 9.59 Å². The summed E-state index contributed by atoms with van der Waals surface area (Å²) in [6, 6.07) is 9.97. The number of hydrogen-bond donors (Lipinski definition) is 1. The lowest BCUT2D eigenvalue weighted by molar-refractivity contribution is -0.137. The highest BCUT2D eigenvalue weighted by Gasteiger charge is 2.37. The maximum atomic E-state index is 13.4. The van der Waals surface area contributed by atoms with Crippen molar-refractivity contribution in [3.63, 3.8) is 0 Å². The zero-order chi connectivity index (χ0) is 24.8. The largest absolute Gasteiger partial charge is 0.480 e. The summed E-state index contributed by atoms with van der Waals surface area (Å²) in [6.45, 7) is 7.41. The van der Waals surface area contributed by atoms with Crippen molar-refractivity contribution in [1.29, 1.82) is 0 Å². The number of sulfone groups is 1. The topological polar surface area (TPSA) is 106 Å². The molecule has 3 aromatic rings. The Balaban J connectivity index is 1.85. The smallest absolute Gasteiger partial charge is 0.323 e. The number of carbonyl (C=O) groups excluding carboxylic acids is 1. The first-order valence-corrected chi connectivity index (χ1v) is 12.6. The molecule has 1 aliphatic carbocycles. The summed E-state index contributed by atoms with van der Waals surface area (Å²) >= 11 is 0. The van der Waals surface area contributed by atoms with Gasteiger partial charge in [-0.05, 0) is 55.0 Å². The van der Waals surface area contributed by atoms with Gasteiger partial charge < -0.3 is 9.67 Å². The zero-order valence-electron chi connectivity index (χ0n) is 19.8. The molecule has 0 bridgehead atoms. The molecule has 8 heteroatoms. The lowest BCUT2D eigenvalue weighted by Gasteiger charge is -2.30. The van der Waals surface area contributed by atoms with Gasteiger partial charge in [0.25, 0.3) is 0 Å². The van der Waals surface area contributed by atoms with E-state index >= 15 is 0 Å². The van der Waals surface area contributed by atoms with Gasteiger partial charge in [0.15, 0.2) is 10.8 Å². The van der Waals surface area contributed by atoms with Crippen LogP contribution in [0.5, 0.6) is 0 Å². The van der Waals surface area contributed by atoms with Crippen molar-refractivity contribution in [3.8, 4) is 0 Å². The Labute approximate surface area is 199 Å². The van der Waals surface area contributed by atoms with E-state index in [9.17, 15) is 23.1 Å². The molecule has 0 spiro atoms. The van der Waals surface area contributed by atoms with E-state index < -0.39 is 15.8 Å². The molecular weight excluding hydrogens is 452 g/mol. The normalized spacial score (nSPS) is 15.2. The van der Waals surface area contributed by atoms with E-state index in [1.54, 1.807) is 47.9 Å². The fourth-order valence-electron chi connectivity index (χ4n) is 4.79. The Morgan fingerprint density at radius 1 is 1.12 bits per heavy atom. The molecule has 178 valence electrons. The summed E-state index contributed by atoms with van der Waals surface area (Å²) in [7, 11) is -3.88. The number of ketones is 1. The van der Waals surface area contributed by atoms with Gasteiger partial charge in [-0.1, -0.05) is 37.6 Å². The molecule has 0 amide bonds. The molecule has 0 saturated heterocycles. The average molecular weight is 481 g/mol. The van der Waals surface area contributed by atoms with Crippen LogP contribution >= 0.6 is 0 Å². The molecule has 0 saturated carbocycles. The van der Waals surface area contributed by atoms with Gasteiger partial charge in [0.05, 0.1) is 4.90 Å². The van der Waals surface area contributed by atoms with Crippen LogP contribution in [-0.4, -0.2) is 34.8 Å². The number of nitrogens with zero attached hydrogens (tertiary/aromatic N) is 2. The molecule has 2 aromatic heterocycles. The van der Waals surface area contributed by atoms with Gasteiger partial charge in [-0.25, -0.2) is 13.4 Å². The molecule has 34 heavy (non-hydrogen) atoms. The van der Waals surface area contributed by atoms with Crippen LogP contribution in [0.1, 0.15) is 58.7 Å². The van der Waals surface area contributed by atoms with Gasteiger partial charge in [0, 0.05) is 36.0 Å². The first-order chi connectivity index (χ1) is 15.9. The van der Waals surface area contributed by atoms with Gasteiger partial charge in [0.1, 0.15) is 6.54 Å². The number of pyridine rings is 1. The first-order valence-electron chi connectivity index (χ1n) is 11.1. The third-order valence-electron chi connectivity index (χ3n) is 6.42. The number of aryl methyl sites for hydroxylation is 1. The Kier molecular flexibility index (Phi) is 5.97. The minimum absolute atomic E-state index is 0.0414. The van der Waals surface area contributed by atoms with Crippen molar-refractivity contribution in [1.82, 2.24) is 9.55 Å². The van der Waals surface area contributed by atoms with E-state index in [0.29, 0.717) is 40.9 Å². The Morgan fingerprint density at radius 3 is 2.44 bits per heavy atom. The molecule has 0 radical (unpaired) electrons. The second-order valence-corrected chi connectivity index (χ2v) is 11.6. The van der Waals surface area contributed by atoms with Crippen LogP contribution < -0.4 is 0 Å². The number of aromatic nitrogens is 2. The first kappa shape index (κ1) is 23.9. The van der Waals surface area contributed by atoms with Crippen molar-refractivity contribution in [2.45, 2.75) is 63.4 Å². The number of aliphatic carboxylic acids is 1. The quantitative estimate of drug-likeness (QED) is 0.568. The van der Waals surface area contributed by atoms with Crippen LogP contribution in [0, 0.1) is 19.3 Å². The third-order valence-corrected chi connectivity index (χ3v) is 8.19. The van der Waals surface area contributed by atoms with Crippen LogP contribution in [0.15, 0.2) is 52.5 Å². The van der Waals surface area contributed by atoms with Gasteiger partial charge in [-0.2, -0.15) is 0 Å². The summed E-state index contributed by atoms with van der Waals surface area (Å²) in [5.74, 6) is -1.03. The lowest BCUT2D eigenvalue weighted by atomic mass is 9.75. The molecule has 0 aliphatic heterocycles. The molecule has 2 heterocycles. The van der Waals surface area contributed by atoms with E-state index in [1.165, 1.54) is 6.20 Å². The number of benzene rings is 1. The molecule has 1 N–H and O–H groups in total. The fraction of sp³-hybridized carbons (Fsp3) is 0.346. The second-order valence-electron chi connectivity index (χ2n) is 9.77. The molecule has 0 atom stereocenters. The molecule has 4 rings (SSSR count). The van der Waals surface area contributed by atoms with Crippen molar-refractivity contribution in [2.75, 3.05) is 0 Å². The minimum Gasteiger partial charge on any atom is -0.480 e. The summed E-state index contributed by atoms with van der Waals surface area (Å²) in [5.41, 5.74) is 3.72. The molecule has 7 nitrogen and oxygen atoms in total. The number of hydrogen-bond acceptors (Lipinski definition) is 5. The second kappa shape index (κ2) is 8.51. The SMILES string of the molecule is Cc1ccc(S(=O)(=O)c2ncccc2Cc2c3c(n(CC(=O)O)c2C)CC(C)(C)CC3=O)cc1. The fourth-order valence-corrected chi connectivity index (χ4v) is 6.20. The highest BCUT2D eigenvalue weighted by atomic mass is 32.2. The van der Waals surface area contributed by atoms with Crippen molar-refractivity contribution in [2.24, 2.45) is 5.41 Å². The third kappa shape index (κ3) is 4.30. The highest BCUT2D eigenvalue weighted by molar-refractivity contribution is 7.91. The monoisotopic (exact) mass is 480 g/mol. The highest BCUT2D eigenvalue weighted by Crippen LogP contribution is 2.40. The molecule has 0 fully saturated rings. The summed E-state index contributed by atoms with van der Waals surface area (Å²) in [4.78, 5) is 29.2. The van der Waals surface area contributed by atoms with Crippen molar-refractivity contribution < 1.29 is 23.1 Å². The number of Topliss-reactive ketones (excluding diaryl/α,β-unsaturated/α-hetero) is 1. The number of carboxylic acid groups (broad SMARTS) is 1. The summed E-state index contributed by atoms with van der Waals surface area (Å²) in [6.07, 6.45) is 2.53. The van der Waals surface area contributed by atoms with E-state index in [4.69, 9.17) is 0 Å². The van der Waals surface area contributed by atoms with Crippen LogP contribution in [0.4, 0.5) is 0 Å². The molecule has 1 aliphatic rings. The zero-order valence-corrected chi connectivity index (χ0v) is 20.6. The predicted octanol–water partition coefficient (Wildman–Crippen LogP) is 4.16. The molecule has 0 unspecified atom stereocenters. The van der Waals surface area contributed by atoms with E-state index in [-0.39, 0.29) is 34.1 Å². The molecular formula is C26H28N2O5S. The molecule has 1 aromatic carbocycles. The Hall–Kier alpha value is -3.26. The van der Waals surface area contributed by atoms with Gasteiger partial charge in [0.2, 0.25) is 9.84 Å². The predicted molar refractivity (Wildman–Crippen MR) is 127 cm³/mol. The van der Waals surface area contributed by atoms with Crippen LogP contribution in [0.3, 0.4) is 0 Å².